The summed E-state index contributed by atoms with van der Waals surface area (Å²) in [7, 11) is 0. The van der Waals surface area contributed by atoms with Gasteiger partial charge in [-0.3, -0.25) is 9.59 Å². The lowest BCUT2D eigenvalue weighted by Gasteiger charge is -2.18. The highest BCUT2D eigenvalue weighted by atomic mass is 16.3. The third-order valence-electron chi connectivity index (χ3n) is 3.18. The number of carbonyl (C=O) groups is 1. The van der Waals surface area contributed by atoms with Crippen LogP contribution in [0.15, 0.2) is 29.3 Å². The minimum Gasteiger partial charge on any atom is -0.390 e. The molecule has 2 unspecified atom stereocenters. The first-order chi connectivity index (χ1) is 9.99. The van der Waals surface area contributed by atoms with Crippen LogP contribution in [-0.2, 0) is 4.79 Å². The Kier molecular flexibility index (Phi) is 4.66. The number of benzene rings is 1. The number of H-pyrrole nitrogens is 1. The number of carbonyl (C=O) groups excluding carboxylic acids is 1. The summed E-state index contributed by atoms with van der Waals surface area (Å²) in [6.07, 6.45) is -0.654. The molecule has 0 aliphatic heterocycles. The van der Waals surface area contributed by atoms with Gasteiger partial charge in [-0.05, 0) is 24.1 Å². The van der Waals surface area contributed by atoms with Crippen LogP contribution in [0.25, 0.3) is 10.9 Å². The Morgan fingerprint density at radius 3 is 2.90 bits per heavy atom. The maximum atomic E-state index is 11.7. The van der Waals surface area contributed by atoms with E-state index < -0.39 is 12.2 Å². The zero-order valence-corrected chi connectivity index (χ0v) is 11.5. The molecule has 21 heavy (non-hydrogen) atoms. The fourth-order valence-electron chi connectivity index (χ4n) is 2.05. The van der Waals surface area contributed by atoms with E-state index in [0.717, 1.165) is 0 Å². The fourth-order valence-corrected chi connectivity index (χ4v) is 2.05. The number of aromatic nitrogens is 2. The quantitative estimate of drug-likeness (QED) is 0.611. The molecule has 1 heterocycles. The molecule has 0 aliphatic rings. The normalized spacial score (nSPS) is 13.9. The van der Waals surface area contributed by atoms with E-state index in [1.807, 2.05) is 0 Å². The zero-order chi connectivity index (χ0) is 15.4. The molecule has 1 aromatic carbocycles. The highest BCUT2D eigenvalue weighted by molar-refractivity contribution is 5.78. The average Bonchev–Trinajstić information content (AvgIpc) is 2.46. The number of aliphatic hydroxyl groups excluding tert-OH is 2. The summed E-state index contributed by atoms with van der Waals surface area (Å²) in [4.78, 5) is 28.9. The number of hydrogen-bond donors (Lipinski definition) is 4. The van der Waals surface area contributed by atoms with Crippen LogP contribution in [0.3, 0.4) is 0 Å². The molecule has 0 saturated carbocycles. The minimum absolute atomic E-state index is 0.194. The van der Waals surface area contributed by atoms with Crippen molar-refractivity contribution in [3.8, 4) is 0 Å². The highest BCUT2D eigenvalue weighted by Crippen LogP contribution is 2.21. The van der Waals surface area contributed by atoms with Crippen LogP contribution in [0.5, 0.6) is 0 Å². The third kappa shape index (κ3) is 3.65. The summed E-state index contributed by atoms with van der Waals surface area (Å²) in [5.74, 6) is -0.194. The number of aromatic amines is 1. The van der Waals surface area contributed by atoms with E-state index >= 15 is 0 Å². The van der Waals surface area contributed by atoms with Crippen LogP contribution in [0.1, 0.15) is 25.0 Å². The first kappa shape index (κ1) is 15.1. The molecule has 0 spiro atoms. The van der Waals surface area contributed by atoms with Gasteiger partial charge in [-0.1, -0.05) is 6.07 Å². The molecule has 0 bridgehead atoms. The topological polar surface area (TPSA) is 115 Å². The van der Waals surface area contributed by atoms with Gasteiger partial charge in [0.25, 0.3) is 5.56 Å². The van der Waals surface area contributed by atoms with Crippen molar-refractivity contribution < 1.29 is 15.0 Å². The molecule has 0 aliphatic carbocycles. The number of nitrogens with zero attached hydrogens (tertiary/aromatic N) is 1. The van der Waals surface area contributed by atoms with Crippen LogP contribution in [0.2, 0.25) is 0 Å². The van der Waals surface area contributed by atoms with Crippen molar-refractivity contribution in [3.05, 3.63) is 40.4 Å². The maximum Gasteiger partial charge on any atom is 0.258 e. The van der Waals surface area contributed by atoms with Crippen molar-refractivity contribution in [2.24, 2.45) is 0 Å². The molecule has 1 aromatic heterocycles. The summed E-state index contributed by atoms with van der Waals surface area (Å²) in [6.45, 7) is 1.65. The Morgan fingerprint density at radius 1 is 1.43 bits per heavy atom. The Hall–Kier alpha value is -2.25. The van der Waals surface area contributed by atoms with Crippen molar-refractivity contribution in [1.29, 1.82) is 0 Å². The molecule has 7 heteroatoms. The third-order valence-corrected chi connectivity index (χ3v) is 3.18. The van der Waals surface area contributed by atoms with Gasteiger partial charge in [0.2, 0.25) is 5.91 Å². The molecule has 4 N–H and O–H groups in total. The van der Waals surface area contributed by atoms with Crippen LogP contribution in [0.4, 0.5) is 0 Å². The number of hydrogen-bond acceptors (Lipinski definition) is 5. The lowest BCUT2D eigenvalue weighted by atomic mass is 10.0. The Bertz CT molecular complexity index is 698. The van der Waals surface area contributed by atoms with Crippen LogP contribution >= 0.6 is 0 Å². The summed E-state index contributed by atoms with van der Waals surface area (Å²) < 4.78 is 0. The van der Waals surface area contributed by atoms with Gasteiger partial charge in [-0.15, -0.1) is 0 Å². The second-order valence-corrected chi connectivity index (χ2v) is 4.79. The predicted molar refractivity (Wildman–Crippen MR) is 76.6 cm³/mol. The summed E-state index contributed by atoms with van der Waals surface area (Å²) in [5, 5.41) is 22.9. The molecule has 2 aromatic rings. The van der Waals surface area contributed by atoms with E-state index in [9.17, 15) is 19.8 Å². The van der Waals surface area contributed by atoms with Gasteiger partial charge in [0.05, 0.1) is 23.3 Å². The molecular weight excluding hydrogens is 274 g/mol. The first-order valence-corrected chi connectivity index (χ1v) is 6.57. The van der Waals surface area contributed by atoms with E-state index in [2.05, 4.69) is 15.3 Å². The second kappa shape index (κ2) is 6.47. The van der Waals surface area contributed by atoms with Crippen molar-refractivity contribution in [2.75, 3.05) is 6.54 Å². The minimum atomic E-state index is -1.14. The Morgan fingerprint density at radius 2 is 2.19 bits per heavy atom. The lowest BCUT2D eigenvalue weighted by Crippen LogP contribution is -2.27. The molecule has 0 radical (unpaired) electrons. The predicted octanol–water partition coefficient (Wildman–Crippen LogP) is -0.156. The zero-order valence-electron chi connectivity index (χ0n) is 11.5. The van der Waals surface area contributed by atoms with Crippen LogP contribution < -0.4 is 10.9 Å². The number of rotatable bonds is 5. The summed E-state index contributed by atoms with van der Waals surface area (Å²) >= 11 is 0. The molecule has 2 atom stereocenters. The van der Waals surface area contributed by atoms with Crippen molar-refractivity contribution in [1.82, 2.24) is 15.3 Å². The summed E-state index contributed by atoms with van der Waals surface area (Å²) in [6, 6.07) is 4.73. The lowest BCUT2D eigenvalue weighted by molar-refractivity contribution is -0.119. The first-order valence-electron chi connectivity index (χ1n) is 6.57. The van der Waals surface area contributed by atoms with E-state index in [-0.39, 0.29) is 24.4 Å². The van der Waals surface area contributed by atoms with E-state index in [0.29, 0.717) is 16.5 Å². The van der Waals surface area contributed by atoms with Gasteiger partial charge in [-0.2, -0.15) is 0 Å². The van der Waals surface area contributed by atoms with Gasteiger partial charge in [-0.25, -0.2) is 4.98 Å². The average molecular weight is 291 g/mol. The monoisotopic (exact) mass is 291 g/mol. The van der Waals surface area contributed by atoms with Crippen LogP contribution in [0, 0.1) is 0 Å². The summed E-state index contributed by atoms with van der Waals surface area (Å²) in [5.41, 5.74) is 0.639. The van der Waals surface area contributed by atoms with E-state index in [1.165, 1.54) is 19.3 Å². The maximum absolute atomic E-state index is 11.7. The van der Waals surface area contributed by atoms with E-state index in [1.54, 1.807) is 12.1 Å². The molecule has 112 valence electrons. The standard InChI is InChI=1S/C14H17N3O4/c1-8(18)15-5-4-12(19)13(20)9-2-3-11-10(6-9)14(21)17-7-16-11/h2-3,6-7,12-13,19-20H,4-5H2,1H3,(H,15,18)(H,16,17,21). The largest absolute Gasteiger partial charge is 0.390 e. The smallest absolute Gasteiger partial charge is 0.258 e. The highest BCUT2D eigenvalue weighted by Gasteiger charge is 2.19. The van der Waals surface area contributed by atoms with Crippen molar-refractivity contribution in [2.45, 2.75) is 25.6 Å². The van der Waals surface area contributed by atoms with Gasteiger partial charge in [0, 0.05) is 13.5 Å². The fraction of sp³-hybridized carbons (Fsp3) is 0.357. The van der Waals surface area contributed by atoms with Gasteiger partial charge >= 0.3 is 0 Å². The number of fused-ring (bicyclic) bond motifs is 1. The van der Waals surface area contributed by atoms with Crippen molar-refractivity contribution in [3.63, 3.8) is 0 Å². The van der Waals surface area contributed by atoms with E-state index in [4.69, 9.17) is 0 Å². The molecule has 0 fully saturated rings. The molecular formula is C14H17N3O4. The molecule has 1 amide bonds. The van der Waals surface area contributed by atoms with Crippen LogP contribution in [-0.4, -0.2) is 38.7 Å². The molecule has 0 saturated heterocycles. The van der Waals surface area contributed by atoms with Gasteiger partial charge in [0.15, 0.2) is 0 Å². The number of amides is 1. The second-order valence-electron chi connectivity index (χ2n) is 4.79. The van der Waals surface area contributed by atoms with Gasteiger partial charge < -0.3 is 20.5 Å². The van der Waals surface area contributed by atoms with Gasteiger partial charge in [0.1, 0.15) is 6.10 Å². The number of nitrogens with one attached hydrogen (secondary N) is 2. The Balaban J connectivity index is 2.15. The van der Waals surface area contributed by atoms with Crippen molar-refractivity contribution >= 4 is 16.8 Å². The SMILES string of the molecule is CC(=O)NCCC(O)C(O)c1ccc2nc[nH]c(=O)c2c1. The molecule has 2 rings (SSSR count). The Labute approximate surface area is 120 Å². The molecule has 7 nitrogen and oxygen atoms in total. The number of aliphatic hydroxyl groups is 2.